The van der Waals surface area contributed by atoms with E-state index in [-0.39, 0.29) is 5.69 Å². The molecule has 0 spiro atoms. The number of rotatable bonds is 7. The summed E-state index contributed by atoms with van der Waals surface area (Å²) in [6.07, 6.45) is 2.93. The highest BCUT2D eigenvalue weighted by Crippen LogP contribution is 2.27. The van der Waals surface area contributed by atoms with Crippen molar-refractivity contribution in [2.75, 3.05) is 31.7 Å². The summed E-state index contributed by atoms with van der Waals surface area (Å²) >= 11 is 0. The SMILES string of the molecule is CCCOc1cc(NCC2CCOCC2)cc([N+](=O)[O-])c1. The molecule has 1 N–H and O–H groups in total. The molecule has 0 bridgehead atoms. The molecule has 6 nitrogen and oxygen atoms in total. The summed E-state index contributed by atoms with van der Waals surface area (Å²) < 4.78 is 10.8. The number of hydrogen-bond donors (Lipinski definition) is 1. The first kappa shape index (κ1) is 15.6. The standard InChI is InChI=1S/C15H22N2O4/c1-2-5-21-15-9-13(8-14(10-15)17(18)19)16-11-12-3-6-20-7-4-12/h8-10,12,16H,2-7,11H2,1H3. The fourth-order valence-corrected chi connectivity index (χ4v) is 2.31. The quantitative estimate of drug-likeness (QED) is 0.617. The second-order valence-corrected chi connectivity index (χ2v) is 5.26. The van der Waals surface area contributed by atoms with Crippen LogP contribution in [0.2, 0.25) is 0 Å². The molecule has 1 aromatic rings. The van der Waals surface area contributed by atoms with Gasteiger partial charge in [0.2, 0.25) is 0 Å². The van der Waals surface area contributed by atoms with Crippen LogP contribution in [0.5, 0.6) is 5.75 Å². The Hall–Kier alpha value is -1.82. The van der Waals surface area contributed by atoms with Gasteiger partial charge in [0.25, 0.3) is 5.69 Å². The van der Waals surface area contributed by atoms with Crippen molar-refractivity contribution in [1.29, 1.82) is 0 Å². The summed E-state index contributed by atoms with van der Waals surface area (Å²) in [7, 11) is 0. The first-order chi connectivity index (χ1) is 10.2. The highest BCUT2D eigenvalue weighted by Gasteiger charge is 2.15. The summed E-state index contributed by atoms with van der Waals surface area (Å²) in [5.41, 5.74) is 0.792. The molecular formula is C15H22N2O4. The van der Waals surface area contributed by atoms with Crippen LogP contribution in [0.4, 0.5) is 11.4 Å². The number of ether oxygens (including phenoxy) is 2. The summed E-state index contributed by atoms with van der Waals surface area (Å²) in [5.74, 6) is 1.10. The lowest BCUT2D eigenvalue weighted by molar-refractivity contribution is -0.384. The summed E-state index contributed by atoms with van der Waals surface area (Å²) in [5, 5.41) is 14.3. The molecule has 6 heteroatoms. The van der Waals surface area contributed by atoms with Gasteiger partial charge in [-0.15, -0.1) is 0 Å². The van der Waals surface area contributed by atoms with Gasteiger partial charge in [-0.1, -0.05) is 6.92 Å². The predicted molar refractivity (Wildman–Crippen MR) is 80.9 cm³/mol. The Morgan fingerprint density at radius 3 is 2.81 bits per heavy atom. The zero-order chi connectivity index (χ0) is 15.1. The van der Waals surface area contributed by atoms with Crippen molar-refractivity contribution in [3.05, 3.63) is 28.3 Å². The van der Waals surface area contributed by atoms with E-state index in [0.29, 0.717) is 18.3 Å². The monoisotopic (exact) mass is 294 g/mol. The van der Waals surface area contributed by atoms with Crippen molar-refractivity contribution in [2.24, 2.45) is 5.92 Å². The number of anilines is 1. The normalized spacial score (nSPS) is 15.7. The Bertz CT molecular complexity index is 473. The molecular weight excluding hydrogens is 272 g/mol. The van der Waals surface area contributed by atoms with E-state index >= 15 is 0 Å². The molecule has 1 aromatic carbocycles. The number of nitro benzene ring substituents is 1. The van der Waals surface area contributed by atoms with Crippen LogP contribution in [0.1, 0.15) is 26.2 Å². The van der Waals surface area contributed by atoms with E-state index in [0.717, 1.165) is 44.7 Å². The van der Waals surface area contributed by atoms with Gasteiger partial charge in [0, 0.05) is 37.6 Å². The Morgan fingerprint density at radius 1 is 1.38 bits per heavy atom. The van der Waals surface area contributed by atoms with Crippen molar-refractivity contribution in [2.45, 2.75) is 26.2 Å². The van der Waals surface area contributed by atoms with Crippen LogP contribution in [-0.2, 0) is 4.74 Å². The van der Waals surface area contributed by atoms with Crippen LogP contribution >= 0.6 is 0 Å². The van der Waals surface area contributed by atoms with Crippen LogP contribution in [-0.4, -0.2) is 31.3 Å². The minimum absolute atomic E-state index is 0.0538. The molecule has 0 unspecified atom stereocenters. The second-order valence-electron chi connectivity index (χ2n) is 5.26. The minimum atomic E-state index is -0.390. The van der Waals surface area contributed by atoms with Crippen molar-refractivity contribution in [3.63, 3.8) is 0 Å². The lowest BCUT2D eigenvalue weighted by Crippen LogP contribution is -2.22. The van der Waals surface area contributed by atoms with E-state index in [1.807, 2.05) is 13.0 Å². The highest BCUT2D eigenvalue weighted by molar-refractivity contribution is 5.56. The molecule has 0 atom stereocenters. The van der Waals surface area contributed by atoms with E-state index in [2.05, 4.69) is 5.32 Å². The van der Waals surface area contributed by atoms with E-state index in [1.54, 1.807) is 6.07 Å². The first-order valence-electron chi connectivity index (χ1n) is 7.43. The zero-order valence-corrected chi connectivity index (χ0v) is 12.3. The molecule has 0 amide bonds. The van der Waals surface area contributed by atoms with Gasteiger partial charge in [-0.3, -0.25) is 10.1 Å². The van der Waals surface area contributed by atoms with Crippen molar-refractivity contribution in [3.8, 4) is 5.75 Å². The maximum absolute atomic E-state index is 11.0. The maximum atomic E-state index is 11.0. The molecule has 0 radical (unpaired) electrons. The van der Waals surface area contributed by atoms with Crippen LogP contribution in [0.15, 0.2) is 18.2 Å². The van der Waals surface area contributed by atoms with Gasteiger partial charge in [-0.25, -0.2) is 0 Å². The van der Waals surface area contributed by atoms with Crippen LogP contribution in [0.25, 0.3) is 0 Å². The molecule has 0 aromatic heterocycles. The van der Waals surface area contributed by atoms with Crippen LogP contribution < -0.4 is 10.1 Å². The summed E-state index contributed by atoms with van der Waals surface area (Å²) in [6.45, 7) is 4.96. The van der Waals surface area contributed by atoms with Gasteiger partial charge in [-0.2, -0.15) is 0 Å². The number of benzene rings is 1. The number of nitro groups is 1. The summed E-state index contributed by atoms with van der Waals surface area (Å²) in [6, 6.07) is 4.84. The average molecular weight is 294 g/mol. The molecule has 1 heterocycles. The molecule has 1 aliphatic rings. The topological polar surface area (TPSA) is 73.6 Å². The predicted octanol–water partition coefficient (Wildman–Crippen LogP) is 3.22. The van der Waals surface area contributed by atoms with Crippen molar-refractivity contribution in [1.82, 2.24) is 0 Å². The fraction of sp³-hybridized carbons (Fsp3) is 0.600. The number of nitrogens with one attached hydrogen (secondary N) is 1. The van der Waals surface area contributed by atoms with Crippen molar-refractivity contribution < 1.29 is 14.4 Å². The molecule has 2 rings (SSSR count). The van der Waals surface area contributed by atoms with Crippen LogP contribution in [0, 0.1) is 16.0 Å². The largest absolute Gasteiger partial charge is 0.493 e. The molecule has 116 valence electrons. The number of nitrogens with zero attached hydrogens (tertiary/aromatic N) is 1. The number of non-ortho nitro benzene ring substituents is 1. The molecule has 21 heavy (non-hydrogen) atoms. The Morgan fingerprint density at radius 2 is 2.14 bits per heavy atom. The van der Waals surface area contributed by atoms with E-state index in [9.17, 15) is 10.1 Å². The lowest BCUT2D eigenvalue weighted by atomic mass is 10.0. The van der Waals surface area contributed by atoms with E-state index < -0.39 is 4.92 Å². The molecule has 1 aliphatic heterocycles. The van der Waals surface area contributed by atoms with Gasteiger partial charge < -0.3 is 14.8 Å². The van der Waals surface area contributed by atoms with E-state index in [4.69, 9.17) is 9.47 Å². The summed E-state index contributed by atoms with van der Waals surface area (Å²) in [4.78, 5) is 10.6. The molecule has 1 fully saturated rings. The van der Waals surface area contributed by atoms with Gasteiger partial charge >= 0.3 is 0 Å². The Labute approximate surface area is 124 Å². The third kappa shape index (κ3) is 4.90. The van der Waals surface area contributed by atoms with Crippen LogP contribution in [0.3, 0.4) is 0 Å². The van der Waals surface area contributed by atoms with E-state index in [1.165, 1.54) is 6.07 Å². The van der Waals surface area contributed by atoms with Gasteiger partial charge in [-0.05, 0) is 25.2 Å². The first-order valence-corrected chi connectivity index (χ1v) is 7.43. The smallest absolute Gasteiger partial charge is 0.275 e. The van der Waals surface area contributed by atoms with Crippen molar-refractivity contribution >= 4 is 11.4 Å². The van der Waals surface area contributed by atoms with Gasteiger partial charge in [0.15, 0.2) is 0 Å². The second kappa shape index (κ2) is 7.83. The Kier molecular flexibility index (Phi) is 5.80. The maximum Gasteiger partial charge on any atom is 0.275 e. The lowest BCUT2D eigenvalue weighted by Gasteiger charge is -2.22. The molecule has 0 aliphatic carbocycles. The minimum Gasteiger partial charge on any atom is -0.493 e. The third-order valence-electron chi connectivity index (χ3n) is 3.51. The third-order valence-corrected chi connectivity index (χ3v) is 3.51. The van der Waals surface area contributed by atoms with Gasteiger partial charge in [0.05, 0.1) is 17.6 Å². The Balaban J connectivity index is 2.02. The fourth-order valence-electron chi connectivity index (χ4n) is 2.31. The number of hydrogen-bond acceptors (Lipinski definition) is 5. The molecule has 0 saturated carbocycles. The molecule has 1 saturated heterocycles. The zero-order valence-electron chi connectivity index (χ0n) is 12.3. The van der Waals surface area contributed by atoms with Gasteiger partial charge in [0.1, 0.15) is 5.75 Å². The average Bonchev–Trinajstić information content (AvgIpc) is 2.51. The highest BCUT2D eigenvalue weighted by atomic mass is 16.6.